The minimum Gasteiger partial charge on any atom is -0.309 e. The van der Waals surface area contributed by atoms with Crippen LogP contribution in [0.25, 0.3) is 0 Å². The molecule has 1 saturated carbocycles. The lowest BCUT2D eigenvalue weighted by Gasteiger charge is -2.23. The number of nitrogens with one attached hydrogen (secondary N) is 1. The third-order valence-electron chi connectivity index (χ3n) is 3.07. The van der Waals surface area contributed by atoms with Crippen molar-refractivity contribution in [3.8, 4) is 0 Å². The monoisotopic (exact) mass is 265 g/mol. The molecule has 0 radical (unpaired) electrons. The molecule has 0 amide bonds. The Bertz CT molecular complexity index is 303. The second-order valence-corrected chi connectivity index (χ2v) is 8.22. The fourth-order valence-electron chi connectivity index (χ4n) is 2.34. The number of hydrogen-bond donors (Lipinski definition) is 1. The number of rotatable bonds is 6. The van der Waals surface area contributed by atoms with Crippen molar-refractivity contribution >= 4 is 21.6 Å². The van der Waals surface area contributed by atoms with Crippen molar-refractivity contribution in [2.24, 2.45) is 0 Å². The van der Waals surface area contributed by atoms with Crippen LogP contribution in [-0.4, -0.2) is 43.5 Å². The summed E-state index contributed by atoms with van der Waals surface area (Å²) in [6.07, 6.45) is 4.22. The van der Waals surface area contributed by atoms with Gasteiger partial charge in [0.1, 0.15) is 0 Å². The highest BCUT2D eigenvalue weighted by molar-refractivity contribution is 7.99. The Labute approximate surface area is 104 Å². The molecule has 1 N–H and O–H groups in total. The minimum absolute atomic E-state index is 0.165. The largest absolute Gasteiger partial charge is 0.309 e. The van der Waals surface area contributed by atoms with E-state index in [1.807, 2.05) is 11.8 Å². The summed E-state index contributed by atoms with van der Waals surface area (Å²) in [7, 11) is -2.89. The molecule has 0 aromatic rings. The van der Waals surface area contributed by atoms with E-state index < -0.39 is 9.84 Å². The summed E-state index contributed by atoms with van der Waals surface area (Å²) in [6, 6.07) is 0.569. The Morgan fingerprint density at radius 3 is 2.69 bits per heavy atom. The highest BCUT2D eigenvalue weighted by atomic mass is 32.2. The van der Waals surface area contributed by atoms with Crippen LogP contribution in [0.1, 0.15) is 33.1 Å². The molecule has 1 aliphatic carbocycles. The summed E-state index contributed by atoms with van der Waals surface area (Å²) < 4.78 is 23.2. The van der Waals surface area contributed by atoms with E-state index >= 15 is 0 Å². The standard InChI is InChI=1S/C11H23NO2S2/c1-4-15-8-9(2)12-10-6-5-7-11(10)16(3,13)14/h9-12H,4-8H2,1-3H3. The van der Waals surface area contributed by atoms with Gasteiger partial charge in [-0.2, -0.15) is 11.8 Å². The molecule has 0 aliphatic heterocycles. The van der Waals surface area contributed by atoms with Gasteiger partial charge in [-0.25, -0.2) is 8.42 Å². The summed E-state index contributed by atoms with van der Waals surface area (Å²) in [5, 5.41) is 3.31. The molecule has 0 aromatic carbocycles. The van der Waals surface area contributed by atoms with Crippen molar-refractivity contribution in [3.05, 3.63) is 0 Å². The lowest BCUT2D eigenvalue weighted by atomic mass is 10.2. The maximum Gasteiger partial charge on any atom is 0.151 e. The van der Waals surface area contributed by atoms with Gasteiger partial charge in [-0.15, -0.1) is 0 Å². The molecule has 1 aliphatic rings. The molecule has 16 heavy (non-hydrogen) atoms. The Balaban J connectivity index is 2.47. The predicted molar refractivity (Wildman–Crippen MR) is 71.9 cm³/mol. The third kappa shape index (κ3) is 4.26. The molecular formula is C11H23NO2S2. The first-order valence-electron chi connectivity index (χ1n) is 5.97. The second kappa shape index (κ2) is 6.26. The third-order valence-corrected chi connectivity index (χ3v) is 5.88. The van der Waals surface area contributed by atoms with E-state index in [4.69, 9.17) is 0 Å². The summed E-state index contributed by atoms with van der Waals surface area (Å²) in [5.74, 6) is 2.18. The molecule has 0 bridgehead atoms. The average Bonchev–Trinajstić information content (AvgIpc) is 2.62. The van der Waals surface area contributed by atoms with E-state index in [0.717, 1.165) is 30.8 Å². The SMILES string of the molecule is CCSCC(C)NC1CCCC1S(C)(=O)=O. The first-order chi connectivity index (χ1) is 7.45. The number of thioether (sulfide) groups is 1. The predicted octanol–water partition coefficient (Wildman–Crippen LogP) is 1.68. The summed E-state index contributed by atoms with van der Waals surface area (Å²) in [5.41, 5.74) is 0. The zero-order valence-electron chi connectivity index (χ0n) is 10.4. The average molecular weight is 265 g/mol. The van der Waals surface area contributed by atoms with E-state index in [-0.39, 0.29) is 11.3 Å². The van der Waals surface area contributed by atoms with Crippen LogP contribution in [0.5, 0.6) is 0 Å². The van der Waals surface area contributed by atoms with Crippen molar-refractivity contribution in [1.82, 2.24) is 5.32 Å². The lowest BCUT2D eigenvalue weighted by Crippen LogP contribution is -2.45. The van der Waals surface area contributed by atoms with Crippen molar-refractivity contribution in [2.45, 2.75) is 50.4 Å². The van der Waals surface area contributed by atoms with E-state index in [0.29, 0.717) is 6.04 Å². The molecule has 0 spiro atoms. The van der Waals surface area contributed by atoms with Gasteiger partial charge in [0.15, 0.2) is 9.84 Å². The fourth-order valence-corrected chi connectivity index (χ4v) is 4.43. The topological polar surface area (TPSA) is 46.2 Å². The molecular weight excluding hydrogens is 242 g/mol. The number of sulfone groups is 1. The zero-order chi connectivity index (χ0) is 12.2. The maximum atomic E-state index is 11.6. The molecule has 1 fully saturated rings. The highest BCUT2D eigenvalue weighted by Crippen LogP contribution is 2.25. The molecule has 3 nitrogen and oxygen atoms in total. The van der Waals surface area contributed by atoms with Crippen LogP contribution < -0.4 is 5.32 Å². The van der Waals surface area contributed by atoms with Crippen LogP contribution in [0.2, 0.25) is 0 Å². The van der Waals surface area contributed by atoms with Gasteiger partial charge in [0, 0.05) is 24.1 Å². The molecule has 3 unspecified atom stereocenters. The van der Waals surface area contributed by atoms with Gasteiger partial charge in [-0.3, -0.25) is 0 Å². The van der Waals surface area contributed by atoms with E-state index in [9.17, 15) is 8.42 Å². The van der Waals surface area contributed by atoms with Crippen LogP contribution in [0.3, 0.4) is 0 Å². The van der Waals surface area contributed by atoms with Crippen molar-refractivity contribution in [2.75, 3.05) is 17.8 Å². The minimum atomic E-state index is -2.89. The van der Waals surface area contributed by atoms with Crippen LogP contribution >= 0.6 is 11.8 Å². The van der Waals surface area contributed by atoms with Gasteiger partial charge in [0.25, 0.3) is 0 Å². The van der Waals surface area contributed by atoms with Crippen LogP contribution in [-0.2, 0) is 9.84 Å². The first-order valence-corrected chi connectivity index (χ1v) is 9.08. The van der Waals surface area contributed by atoms with Gasteiger partial charge in [0.2, 0.25) is 0 Å². The molecule has 5 heteroatoms. The first kappa shape index (κ1) is 14.3. The molecule has 1 rings (SSSR count). The highest BCUT2D eigenvalue weighted by Gasteiger charge is 2.34. The molecule has 0 aromatic heterocycles. The molecule has 0 saturated heterocycles. The Morgan fingerprint density at radius 2 is 2.12 bits per heavy atom. The second-order valence-electron chi connectivity index (χ2n) is 4.63. The Morgan fingerprint density at radius 1 is 1.44 bits per heavy atom. The fraction of sp³-hybridized carbons (Fsp3) is 1.00. The van der Waals surface area contributed by atoms with Crippen molar-refractivity contribution in [3.63, 3.8) is 0 Å². The summed E-state index contributed by atoms with van der Waals surface area (Å²) in [6.45, 7) is 4.28. The number of hydrogen-bond acceptors (Lipinski definition) is 4. The van der Waals surface area contributed by atoms with Crippen molar-refractivity contribution < 1.29 is 8.42 Å². The maximum absolute atomic E-state index is 11.6. The van der Waals surface area contributed by atoms with Crippen LogP contribution in [0.15, 0.2) is 0 Å². The van der Waals surface area contributed by atoms with E-state index in [2.05, 4.69) is 19.2 Å². The zero-order valence-corrected chi connectivity index (χ0v) is 12.0. The Kier molecular flexibility index (Phi) is 5.61. The molecule has 96 valence electrons. The van der Waals surface area contributed by atoms with Crippen LogP contribution in [0, 0.1) is 0 Å². The summed E-state index contributed by atoms with van der Waals surface area (Å²) in [4.78, 5) is 0. The van der Waals surface area contributed by atoms with Gasteiger partial charge < -0.3 is 5.32 Å². The van der Waals surface area contributed by atoms with Gasteiger partial charge >= 0.3 is 0 Å². The van der Waals surface area contributed by atoms with Gasteiger partial charge in [-0.1, -0.05) is 13.3 Å². The van der Waals surface area contributed by atoms with Gasteiger partial charge in [0.05, 0.1) is 5.25 Å². The smallest absolute Gasteiger partial charge is 0.151 e. The van der Waals surface area contributed by atoms with E-state index in [1.165, 1.54) is 6.26 Å². The van der Waals surface area contributed by atoms with Gasteiger partial charge in [-0.05, 0) is 25.5 Å². The Hall–Kier alpha value is 0.260. The van der Waals surface area contributed by atoms with Crippen LogP contribution in [0.4, 0.5) is 0 Å². The lowest BCUT2D eigenvalue weighted by molar-refractivity contribution is 0.468. The quantitative estimate of drug-likeness (QED) is 0.794. The van der Waals surface area contributed by atoms with Crippen molar-refractivity contribution in [1.29, 1.82) is 0 Å². The molecule has 0 heterocycles. The van der Waals surface area contributed by atoms with E-state index in [1.54, 1.807) is 0 Å². The molecule has 3 atom stereocenters. The summed E-state index contributed by atoms with van der Waals surface area (Å²) >= 11 is 1.90. The normalized spacial score (nSPS) is 28.2.